The molecule has 0 saturated carbocycles. The number of H-pyrrole nitrogens is 1. The summed E-state index contributed by atoms with van der Waals surface area (Å²) >= 11 is 4.15. The molecule has 0 aliphatic heterocycles. The Bertz CT molecular complexity index is 992. The Hall–Kier alpha value is -3.05. The first-order chi connectivity index (χ1) is 15.6. The van der Waals surface area contributed by atoms with Crippen LogP contribution in [0.3, 0.4) is 0 Å². The standard InChI is InChI=1S/C22H31N5O5S/c1-12(2)7-17(21(31)25-10-19(28)29)26-22(32)18(11-33)27-20(30)15(23)8-13-9-24-16-6-4-3-5-14(13)16/h3-6,9,12,15,17-18,24,33H,7-8,10-11,23H2,1-2H3,(H,25,31)(H,26,32)(H,27,30)(H,28,29). The summed E-state index contributed by atoms with van der Waals surface area (Å²) in [5, 5.41) is 17.2. The van der Waals surface area contributed by atoms with Gasteiger partial charge in [-0.2, -0.15) is 12.6 Å². The van der Waals surface area contributed by atoms with Crippen molar-refractivity contribution < 1.29 is 24.3 Å². The normalized spacial score (nSPS) is 13.8. The van der Waals surface area contributed by atoms with Crippen LogP contribution in [0.15, 0.2) is 30.5 Å². The molecule has 0 aliphatic rings. The predicted molar refractivity (Wildman–Crippen MR) is 128 cm³/mol. The third kappa shape index (κ3) is 7.79. The molecule has 1 aromatic carbocycles. The van der Waals surface area contributed by atoms with Gasteiger partial charge in [-0.15, -0.1) is 0 Å². The van der Waals surface area contributed by atoms with Gasteiger partial charge in [0.25, 0.3) is 0 Å². The van der Waals surface area contributed by atoms with Gasteiger partial charge in [-0.3, -0.25) is 19.2 Å². The van der Waals surface area contributed by atoms with Gasteiger partial charge in [-0.05, 0) is 30.4 Å². The molecule has 3 unspecified atom stereocenters. The van der Waals surface area contributed by atoms with E-state index in [0.29, 0.717) is 6.42 Å². The smallest absolute Gasteiger partial charge is 0.322 e. The zero-order valence-electron chi connectivity index (χ0n) is 18.6. The number of aliphatic carboxylic acids is 1. The van der Waals surface area contributed by atoms with E-state index in [0.717, 1.165) is 16.5 Å². The highest BCUT2D eigenvalue weighted by Crippen LogP contribution is 2.18. The highest BCUT2D eigenvalue weighted by molar-refractivity contribution is 7.80. The van der Waals surface area contributed by atoms with E-state index in [2.05, 4.69) is 33.6 Å². The Labute approximate surface area is 197 Å². The van der Waals surface area contributed by atoms with Crippen LogP contribution in [0.1, 0.15) is 25.8 Å². The molecule has 1 heterocycles. The van der Waals surface area contributed by atoms with Crippen molar-refractivity contribution in [3.63, 3.8) is 0 Å². The number of amides is 3. The molecule has 0 bridgehead atoms. The van der Waals surface area contributed by atoms with Crippen LogP contribution in [0, 0.1) is 5.92 Å². The Morgan fingerprint density at radius 1 is 1.06 bits per heavy atom. The predicted octanol–water partition coefficient (Wildman–Crippen LogP) is 0.184. The van der Waals surface area contributed by atoms with E-state index in [4.69, 9.17) is 10.8 Å². The van der Waals surface area contributed by atoms with Crippen molar-refractivity contribution in [3.8, 4) is 0 Å². The fraction of sp³-hybridized carbons (Fsp3) is 0.455. The van der Waals surface area contributed by atoms with Crippen molar-refractivity contribution in [2.45, 2.75) is 44.8 Å². The minimum atomic E-state index is -1.19. The molecule has 2 rings (SSSR count). The van der Waals surface area contributed by atoms with Crippen LogP contribution in [-0.2, 0) is 25.6 Å². The lowest BCUT2D eigenvalue weighted by molar-refractivity contribution is -0.138. The molecule has 0 spiro atoms. The van der Waals surface area contributed by atoms with Crippen molar-refractivity contribution in [2.24, 2.45) is 11.7 Å². The first kappa shape index (κ1) is 26.2. The lowest BCUT2D eigenvalue weighted by Crippen LogP contribution is -2.57. The third-order valence-electron chi connectivity index (χ3n) is 5.02. The molecule has 0 saturated heterocycles. The fourth-order valence-electron chi connectivity index (χ4n) is 3.36. The van der Waals surface area contributed by atoms with Gasteiger partial charge in [-0.25, -0.2) is 0 Å². The second-order valence-electron chi connectivity index (χ2n) is 8.22. The molecule has 0 fully saturated rings. The summed E-state index contributed by atoms with van der Waals surface area (Å²) in [5.41, 5.74) is 7.90. The molecule has 33 heavy (non-hydrogen) atoms. The van der Waals surface area contributed by atoms with Crippen LogP contribution in [0.25, 0.3) is 10.9 Å². The number of nitrogens with two attached hydrogens (primary N) is 1. The highest BCUT2D eigenvalue weighted by atomic mass is 32.1. The quantitative estimate of drug-likeness (QED) is 0.215. The van der Waals surface area contributed by atoms with Crippen LogP contribution in [0.2, 0.25) is 0 Å². The summed E-state index contributed by atoms with van der Waals surface area (Å²) in [6.45, 7) is 3.18. The Morgan fingerprint density at radius 2 is 1.73 bits per heavy atom. The van der Waals surface area contributed by atoms with E-state index in [1.807, 2.05) is 38.1 Å². The number of nitrogens with one attached hydrogen (secondary N) is 4. The van der Waals surface area contributed by atoms with E-state index in [-0.39, 0.29) is 18.1 Å². The van der Waals surface area contributed by atoms with Crippen molar-refractivity contribution in [1.29, 1.82) is 0 Å². The number of hydrogen-bond acceptors (Lipinski definition) is 6. The number of aromatic nitrogens is 1. The second kappa shape index (κ2) is 12.3. The van der Waals surface area contributed by atoms with Gasteiger partial charge < -0.3 is 31.8 Å². The monoisotopic (exact) mass is 477 g/mol. The second-order valence-corrected chi connectivity index (χ2v) is 8.58. The summed E-state index contributed by atoms with van der Waals surface area (Å²) < 4.78 is 0. The summed E-state index contributed by atoms with van der Waals surface area (Å²) in [4.78, 5) is 51.6. The van der Waals surface area contributed by atoms with Gasteiger partial charge in [0.15, 0.2) is 0 Å². The number of carbonyl (C=O) groups excluding carboxylic acids is 3. The number of thiol groups is 1. The SMILES string of the molecule is CC(C)CC(NC(=O)C(CS)NC(=O)C(N)Cc1c[nH]c2ccccc12)C(=O)NCC(=O)O. The first-order valence-corrected chi connectivity index (χ1v) is 11.3. The molecule has 0 aliphatic carbocycles. The number of benzene rings is 1. The minimum absolute atomic E-state index is 0.0114. The molecule has 3 atom stereocenters. The van der Waals surface area contributed by atoms with Crippen molar-refractivity contribution in [1.82, 2.24) is 20.9 Å². The topological polar surface area (TPSA) is 166 Å². The number of carbonyl (C=O) groups is 4. The number of rotatable bonds is 12. The maximum Gasteiger partial charge on any atom is 0.322 e. The van der Waals surface area contributed by atoms with Gasteiger partial charge in [0.2, 0.25) is 17.7 Å². The lowest BCUT2D eigenvalue weighted by Gasteiger charge is -2.24. The fourth-order valence-corrected chi connectivity index (χ4v) is 3.62. The molecule has 3 amide bonds. The van der Waals surface area contributed by atoms with Crippen LogP contribution in [-0.4, -0.2) is 64.2 Å². The van der Waals surface area contributed by atoms with Gasteiger partial charge in [0, 0.05) is 22.9 Å². The molecule has 1 aromatic heterocycles. The first-order valence-electron chi connectivity index (χ1n) is 10.6. The number of carboxylic acid groups (broad SMARTS) is 1. The molecular weight excluding hydrogens is 446 g/mol. The molecule has 7 N–H and O–H groups in total. The van der Waals surface area contributed by atoms with Crippen molar-refractivity contribution in [3.05, 3.63) is 36.0 Å². The van der Waals surface area contributed by atoms with Crippen molar-refractivity contribution in [2.75, 3.05) is 12.3 Å². The van der Waals surface area contributed by atoms with Gasteiger partial charge in [0.05, 0.1) is 6.04 Å². The molecule has 0 radical (unpaired) electrons. The van der Waals surface area contributed by atoms with Crippen LogP contribution >= 0.6 is 12.6 Å². The largest absolute Gasteiger partial charge is 0.480 e. The molecule has 2 aromatic rings. The van der Waals surface area contributed by atoms with Gasteiger partial charge in [0.1, 0.15) is 18.6 Å². The Balaban J connectivity index is 2.00. The van der Waals surface area contributed by atoms with Crippen molar-refractivity contribution >= 4 is 47.2 Å². The Morgan fingerprint density at radius 3 is 2.36 bits per heavy atom. The van der Waals surface area contributed by atoms with Crippen LogP contribution in [0.5, 0.6) is 0 Å². The minimum Gasteiger partial charge on any atom is -0.480 e. The molecule has 11 heteroatoms. The maximum atomic E-state index is 12.7. The number of fused-ring (bicyclic) bond motifs is 1. The van der Waals surface area contributed by atoms with Crippen LogP contribution in [0.4, 0.5) is 0 Å². The van der Waals surface area contributed by atoms with E-state index >= 15 is 0 Å². The summed E-state index contributed by atoms with van der Waals surface area (Å²) in [5.74, 6) is -2.89. The highest BCUT2D eigenvalue weighted by Gasteiger charge is 2.28. The number of aromatic amines is 1. The third-order valence-corrected chi connectivity index (χ3v) is 5.39. The Kier molecular flexibility index (Phi) is 9.74. The average molecular weight is 478 g/mol. The van der Waals surface area contributed by atoms with E-state index in [1.54, 1.807) is 6.20 Å². The summed E-state index contributed by atoms with van der Waals surface area (Å²) in [6.07, 6.45) is 2.36. The van der Waals surface area contributed by atoms with Crippen LogP contribution < -0.4 is 21.7 Å². The zero-order chi connectivity index (χ0) is 24.5. The molecular formula is C22H31N5O5S. The van der Waals surface area contributed by atoms with Gasteiger partial charge >= 0.3 is 5.97 Å². The number of hydrogen-bond donors (Lipinski definition) is 7. The average Bonchev–Trinajstić information content (AvgIpc) is 3.17. The maximum absolute atomic E-state index is 12.7. The molecule has 10 nitrogen and oxygen atoms in total. The van der Waals surface area contributed by atoms with E-state index < -0.39 is 48.4 Å². The summed E-state index contributed by atoms with van der Waals surface area (Å²) in [7, 11) is 0. The lowest BCUT2D eigenvalue weighted by atomic mass is 10.0. The molecule has 180 valence electrons. The summed E-state index contributed by atoms with van der Waals surface area (Å²) in [6, 6.07) is 4.79. The van der Waals surface area contributed by atoms with E-state index in [9.17, 15) is 19.2 Å². The number of carboxylic acids is 1. The van der Waals surface area contributed by atoms with Gasteiger partial charge in [-0.1, -0.05) is 32.0 Å². The van der Waals surface area contributed by atoms with E-state index in [1.165, 1.54) is 0 Å². The number of para-hydroxylation sites is 1. The zero-order valence-corrected chi connectivity index (χ0v) is 19.5.